The summed E-state index contributed by atoms with van der Waals surface area (Å²) in [6.45, 7) is 7.22. The molecule has 0 unspecified atom stereocenters. The second-order valence-corrected chi connectivity index (χ2v) is 8.30. The predicted molar refractivity (Wildman–Crippen MR) is 80.5 cm³/mol. The Morgan fingerprint density at radius 2 is 2.15 bits per heavy atom. The maximum Gasteiger partial charge on any atom is 0.151 e. The van der Waals surface area contributed by atoms with Crippen molar-refractivity contribution in [2.45, 2.75) is 58.7 Å². The van der Waals surface area contributed by atoms with E-state index in [2.05, 4.69) is 24.3 Å². The lowest BCUT2D eigenvalue weighted by Crippen LogP contribution is -2.22. The van der Waals surface area contributed by atoms with Crippen LogP contribution in [0.15, 0.2) is 6.20 Å². The molecule has 0 amide bonds. The van der Waals surface area contributed by atoms with Crippen molar-refractivity contribution in [2.75, 3.05) is 11.5 Å². The van der Waals surface area contributed by atoms with E-state index in [-0.39, 0.29) is 11.5 Å². The highest BCUT2D eigenvalue weighted by molar-refractivity contribution is 7.91. The van der Waals surface area contributed by atoms with E-state index in [0.29, 0.717) is 18.5 Å². The summed E-state index contributed by atoms with van der Waals surface area (Å²) >= 11 is 0. The van der Waals surface area contributed by atoms with Gasteiger partial charge in [-0.1, -0.05) is 20.8 Å². The quantitative estimate of drug-likeness (QED) is 0.793. The predicted octanol–water partition coefficient (Wildman–Crippen LogP) is 1.69. The minimum atomic E-state index is -2.93. The molecular formula is C14H25N3O2S. The zero-order valence-electron chi connectivity index (χ0n) is 12.6. The van der Waals surface area contributed by atoms with Crippen LogP contribution < -0.4 is 5.32 Å². The van der Waals surface area contributed by atoms with Crippen molar-refractivity contribution in [1.82, 2.24) is 15.1 Å². The SMILES string of the molecule is CCS(=O)(=O)CCn1ncc(CNC(C)C)c1C1CC1. The van der Waals surface area contributed by atoms with Gasteiger partial charge < -0.3 is 5.32 Å². The zero-order chi connectivity index (χ0) is 14.8. The van der Waals surface area contributed by atoms with Crippen LogP contribution in [0.2, 0.25) is 0 Å². The molecule has 0 aliphatic heterocycles. The molecule has 1 aromatic rings. The molecule has 0 saturated heterocycles. The standard InChI is InChI=1S/C14H25N3O2S/c1-4-20(18,19)8-7-17-14(12-5-6-12)13(10-16-17)9-15-11(2)3/h10-12,15H,4-9H2,1-3H3. The smallest absolute Gasteiger partial charge is 0.151 e. The molecule has 1 saturated carbocycles. The van der Waals surface area contributed by atoms with E-state index >= 15 is 0 Å². The molecule has 6 heteroatoms. The molecule has 1 heterocycles. The molecule has 2 rings (SSSR count). The Kier molecular flexibility index (Phi) is 4.86. The van der Waals surface area contributed by atoms with Gasteiger partial charge in [-0.05, 0) is 12.8 Å². The third-order valence-electron chi connectivity index (χ3n) is 3.68. The van der Waals surface area contributed by atoms with Crippen LogP contribution in [0.1, 0.15) is 50.8 Å². The van der Waals surface area contributed by atoms with Crippen LogP contribution in [0.3, 0.4) is 0 Å². The lowest BCUT2D eigenvalue weighted by molar-refractivity contribution is 0.568. The molecule has 1 aliphatic rings. The first kappa shape index (κ1) is 15.5. The highest BCUT2D eigenvalue weighted by Gasteiger charge is 2.30. The van der Waals surface area contributed by atoms with Crippen LogP contribution in [0.5, 0.6) is 0 Å². The van der Waals surface area contributed by atoms with Gasteiger partial charge in [-0.3, -0.25) is 4.68 Å². The van der Waals surface area contributed by atoms with Crippen LogP contribution in [-0.4, -0.2) is 35.7 Å². The minimum absolute atomic E-state index is 0.182. The molecule has 5 nitrogen and oxygen atoms in total. The van der Waals surface area contributed by atoms with Gasteiger partial charge in [-0.2, -0.15) is 5.10 Å². The van der Waals surface area contributed by atoms with E-state index in [9.17, 15) is 8.42 Å². The fourth-order valence-corrected chi connectivity index (χ4v) is 3.00. The van der Waals surface area contributed by atoms with Gasteiger partial charge in [0.15, 0.2) is 9.84 Å². The fraction of sp³-hybridized carbons (Fsp3) is 0.786. The fourth-order valence-electron chi connectivity index (χ4n) is 2.26. The van der Waals surface area contributed by atoms with Crippen LogP contribution in [0, 0.1) is 0 Å². The Bertz CT molecular complexity index is 545. The summed E-state index contributed by atoms with van der Waals surface area (Å²) in [5.41, 5.74) is 2.46. The van der Waals surface area contributed by atoms with E-state index in [1.165, 1.54) is 24.1 Å². The van der Waals surface area contributed by atoms with Crippen molar-refractivity contribution in [3.05, 3.63) is 17.5 Å². The van der Waals surface area contributed by atoms with Gasteiger partial charge in [0.25, 0.3) is 0 Å². The summed E-state index contributed by atoms with van der Waals surface area (Å²) in [7, 11) is -2.93. The molecule has 20 heavy (non-hydrogen) atoms. The Labute approximate surface area is 121 Å². The zero-order valence-corrected chi connectivity index (χ0v) is 13.4. The lowest BCUT2D eigenvalue weighted by Gasteiger charge is -2.11. The molecule has 0 bridgehead atoms. The second-order valence-electron chi connectivity index (χ2n) is 5.82. The van der Waals surface area contributed by atoms with Crippen molar-refractivity contribution in [1.29, 1.82) is 0 Å². The summed E-state index contributed by atoms with van der Waals surface area (Å²) in [6, 6.07) is 0.436. The highest BCUT2D eigenvalue weighted by atomic mass is 32.2. The largest absolute Gasteiger partial charge is 0.310 e. The minimum Gasteiger partial charge on any atom is -0.310 e. The summed E-state index contributed by atoms with van der Waals surface area (Å²) in [5, 5.41) is 7.82. The normalized spacial score (nSPS) is 16.0. The van der Waals surface area contributed by atoms with Gasteiger partial charge in [-0.25, -0.2) is 8.42 Å². The highest BCUT2D eigenvalue weighted by Crippen LogP contribution is 2.41. The van der Waals surface area contributed by atoms with E-state index < -0.39 is 9.84 Å². The van der Waals surface area contributed by atoms with Crippen molar-refractivity contribution in [2.24, 2.45) is 0 Å². The molecule has 1 N–H and O–H groups in total. The Hall–Kier alpha value is -0.880. The molecule has 114 valence electrons. The monoisotopic (exact) mass is 299 g/mol. The summed E-state index contributed by atoms with van der Waals surface area (Å²) in [6.07, 6.45) is 4.28. The van der Waals surface area contributed by atoms with Crippen molar-refractivity contribution in [3.8, 4) is 0 Å². The first-order valence-corrected chi connectivity index (χ1v) is 9.23. The summed E-state index contributed by atoms with van der Waals surface area (Å²) < 4.78 is 25.2. The summed E-state index contributed by atoms with van der Waals surface area (Å²) in [5.74, 6) is 0.960. The van der Waals surface area contributed by atoms with Crippen molar-refractivity contribution >= 4 is 9.84 Å². The number of aryl methyl sites for hydroxylation is 1. The third-order valence-corrected chi connectivity index (χ3v) is 5.36. The maximum absolute atomic E-state index is 11.6. The van der Waals surface area contributed by atoms with Crippen LogP contribution >= 0.6 is 0 Å². The molecule has 0 spiro atoms. The van der Waals surface area contributed by atoms with E-state index in [1.807, 2.05) is 10.9 Å². The topological polar surface area (TPSA) is 64.0 Å². The first-order chi connectivity index (χ1) is 9.43. The van der Waals surface area contributed by atoms with Gasteiger partial charge in [0.2, 0.25) is 0 Å². The molecule has 0 atom stereocenters. The van der Waals surface area contributed by atoms with E-state index in [4.69, 9.17) is 0 Å². The number of hydrogen-bond acceptors (Lipinski definition) is 4. The third kappa shape index (κ3) is 4.06. The van der Waals surface area contributed by atoms with E-state index in [0.717, 1.165) is 6.54 Å². The second kappa shape index (κ2) is 6.26. The molecule has 1 aromatic heterocycles. The average molecular weight is 299 g/mol. The van der Waals surface area contributed by atoms with Gasteiger partial charge in [0.05, 0.1) is 18.5 Å². The molecule has 1 fully saturated rings. The van der Waals surface area contributed by atoms with Gasteiger partial charge in [-0.15, -0.1) is 0 Å². The number of sulfone groups is 1. The Balaban J connectivity index is 2.09. The number of nitrogens with one attached hydrogen (secondary N) is 1. The Morgan fingerprint density at radius 3 is 2.70 bits per heavy atom. The molecular weight excluding hydrogens is 274 g/mol. The number of rotatable bonds is 8. The average Bonchev–Trinajstić information content (AvgIpc) is 3.15. The number of nitrogens with zero attached hydrogens (tertiary/aromatic N) is 2. The van der Waals surface area contributed by atoms with Gasteiger partial charge in [0.1, 0.15) is 0 Å². The number of hydrogen-bond donors (Lipinski definition) is 1. The molecule has 0 radical (unpaired) electrons. The summed E-state index contributed by atoms with van der Waals surface area (Å²) in [4.78, 5) is 0. The van der Waals surface area contributed by atoms with Gasteiger partial charge >= 0.3 is 0 Å². The van der Waals surface area contributed by atoms with Crippen molar-refractivity contribution in [3.63, 3.8) is 0 Å². The maximum atomic E-state index is 11.6. The molecule has 1 aliphatic carbocycles. The Morgan fingerprint density at radius 1 is 1.45 bits per heavy atom. The van der Waals surface area contributed by atoms with Crippen molar-refractivity contribution < 1.29 is 8.42 Å². The van der Waals surface area contributed by atoms with Crippen LogP contribution in [0.25, 0.3) is 0 Å². The first-order valence-electron chi connectivity index (χ1n) is 7.41. The van der Waals surface area contributed by atoms with Crippen LogP contribution in [0.4, 0.5) is 0 Å². The molecule has 0 aromatic carbocycles. The van der Waals surface area contributed by atoms with Crippen LogP contribution in [-0.2, 0) is 22.9 Å². The van der Waals surface area contributed by atoms with E-state index in [1.54, 1.807) is 6.92 Å². The number of aromatic nitrogens is 2. The van der Waals surface area contributed by atoms with Gasteiger partial charge in [0, 0.05) is 35.5 Å². The lowest BCUT2D eigenvalue weighted by atomic mass is 10.1.